The minimum atomic E-state index is -1.26. The lowest BCUT2D eigenvalue weighted by Gasteiger charge is -2.41. The maximum atomic E-state index is 15.0. The van der Waals surface area contributed by atoms with E-state index in [1.807, 2.05) is 52.0 Å². The molecule has 7 atom stereocenters. The fourth-order valence-electron chi connectivity index (χ4n) is 7.88. The van der Waals surface area contributed by atoms with E-state index in [-0.39, 0.29) is 43.3 Å². The quantitative estimate of drug-likeness (QED) is 0.266. The Labute approximate surface area is 282 Å². The normalized spacial score (nSPS) is 25.7. The Morgan fingerprint density at radius 2 is 1.81 bits per heavy atom. The summed E-state index contributed by atoms with van der Waals surface area (Å²) in [5.74, 6) is -2.16. The molecule has 1 N–H and O–H groups in total. The summed E-state index contributed by atoms with van der Waals surface area (Å²) in [6, 6.07) is 10.9. The van der Waals surface area contributed by atoms with Gasteiger partial charge in [0.2, 0.25) is 11.8 Å². The number of carbonyl (C=O) groups is 3. The molecule has 3 aliphatic rings. The van der Waals surface area contributed by atoms with Crippen molar-refractivity contribution >= 4 is 40.7 Å². The van der Waals surface area contributed by atoms with E-state index in [9.17, 15) is 14.7 Å². The first-order valence-electron chi connectivity index (χ1n) is 16.5. The zero-order chi connectivity index (χ0) is 34.0. The van der Waals surface area contributed by atoms with Crippen molar-refractivity contribution in [2.24, 2.45) is 17.8 Å². The zero-order valence-corrected chi connectivity index (χ0v) is 28.5. The van der Waals surface area contributed by atoms with Crippen LogP contribution < -0.4 is 14.5 Å². The number of aryl methyl sites for hydroxylation is 1. The first kappa shape index (κ1) is 34.7. The molecule has 252 valence electrons. The number of rotatable bonds is 14. The van der Waals surface area contributed by atoms with Crippen molar-refractivity contribution in [1.29, 1.82) is 0 Å². The highest BCUT2D eigenvalue weighted by Gasteiger charge is 2.75. The van der Waals surface area contributed by atoms with E-state index in [1.54, 1.807) is 45.1 Å². The standard InChI is InChI=1S/C37H46ClN3O6/c1-7-20-39(25-14-16-26(17-15-25)46-10-4)34(43)30-29-18-19-37(47-29)31(30)35(44)41(28(22-42)23(5)9-3)33(37)36(45)40(21-8-2)32-24(6)12-11-13-27(32)38/h7-8,11-17,23,28-31,33,42H,1-2,9-10,18-22H2,3-6H3/t23-,28-,29+,30-,31-,33?,37?/m0/s1. The summed E-state index contributed by atoms with van der Waals surface area (Å²) in [6.45, 7) is 16.0. The second kappa shape index (κ2) is 14.2. The highest BCUT2D eigenvalue weighted by atomic mass is 35.5. The second-order valence-corrected chi connectivity index (χ2v) is 13.2. The van der Waals surface area contributed by atoms with Crippen LogP contribution in [0, 0.1) is 24.7 Å². The molecule has 0 aliphatic carbocycles. The lowest BCUT2D eigenvalue weighted by Crippen LogP contribution is -2.60. The molecule has 0 saturated carbocycles. The van der Waals surface area contributed by atoms with E-state index in [2.05, 4.69) is 13.2 Å². The van der Waals surface area contributed by atoms with Gasteiger partial charge in [-0.15, -0.1) is 13.2 Å². The van der Waals surface area contributed by atoms with Crippen LogP contribution in [0.4, 0.5) is 11.4 Å². The monoisotopic (exact) mass is 663 g/mol. The van der Waals surface area contributed by atoms with E-state index in [4.69, 9.17) is 21.1 Å². The first-order chi connectivity index (χ1) is 22.6. The highest BCUT2D eigenvalue weighted by molar-refractivity contribution is 6.34. The summed E-state index contributed by atoms with van der Waals surface area (Å²) in [7, 11) is 0. The van der Waals surface area contributed by atoms with Crippen molar-refractivity contribution in [2.75, 3.05) is 36.1 Å². The molecule has 2 unspecified atom stereocenters. The molecule has 3 amide bonds. The Balaban J connectivity index is 1.61. The molecule has 3 saturated heterocycles. The molecule has 1 spiro atoms. The van der Waals surface area contributed by atoms with Crippen LogP contribution in [0.3, 0.4) is 0 Å². The number of fused-ring (bicyclic) bond motifs is 1. The third kappa shape index (κ3) is 5.87. The number of ether oxygens (including phenoxy) is 2. The third-order valence-corrected chi connectivity index (χ3v) is 10.5. The van der Waals surface area contributed by atoms with Crippen LogP contribution in [0.25, 0.3) is 0 Å². The minimum Gasteiger partial charge on any atom is -0.494 e. The molecular formula is C37H46ClN3O6. The van der Waals surface area contributed by atoms with Crippen molar-refractivity contribution < 1.29 is 29.0 Å². The number of aliphatic hydroxyl groups is 1. The predicted molar refractivity (Wildman–Crippen MR) is 184 cm³/mol. The number of hydrogen-bond donors (Lipinski definition) is 1. The zero-order valence-electron chi connectivity index (χ0n) is 27.7. The SMILES string of the molecule is C=CCN(C(=O)[C@@H]1[C@H]2C(=O)N([C@@H](CO)[C@@H](C)CC)C(C(=O)N(CC=C)c3c(C)cccc3Cl)C23CC[C@H]1O3)c1ccc(OCC)cc1. The van der Waals surface area contributed by atoms with Crippen LogP contribution in [0.5, 0.6) is 5.75 Å². The van der Waals surface area contributed by atoms with Crippen LogP contribution in [-0.4, -0.2) is 77.8 Å². The van der Waals surface area contributed by atoms with Gasteiger partial charge in [0.15, 0.2) is 0 Å². The van der Waals surface area contributed by atoms with E-state index in [0.717, 1.165) is 5.56 Å². The lowest BCUT2D eigenvalue weighted by molar-refractivity contribution is -0.145. The van der Waals surface area contributed by atoms with Gasteiger partial charge in [0.05, 0.1) is 47.9 Å². The lowest BCUT2D eigenvalue weighted by atomic mass is 9.70. The van der Waals surface area contributed by atoms with E-state index in [1.165, 1.54) is 0 Å². The molecular weight excluding hydrogens is 618 g/mol. The van der Waals surface area contributed by atoms with Crippen molar-refractivity contribution in [2.45, 2.75) is 70.7 Å². The van der Waals surface area contributed by atoms with Gasteiger partial charge >= 0.3 is 0 Å². The molecule has 2 aromatic carbocycles. The third-order valence-electron chi connectivity index (χ3n) is 10.2. The Morgan fingerprint density at radius 1 is 1.13 bits per heavy atom. The highest BCUT2D eigenvalue weighted by Crippen LogP contribution is 2.60. The van der Waals surface area contributed by atoms with E-state index >= 15 is 4.79 Å². The molecule has 0 aromatic heterocycles. The maximum absolute atomic E-state index is 15.0. The number of para-hydroxylation sites is 1. The summed E-state index contributed by atoms with van der Waals surface area (Å²) >= 11 is 6.70. The van der Waals surface area contributed by atoms with Gasteiger partial charge in [0.1, 0.15) is 17.4 Å². The number of hydrogen-bond acceptors (Lipinski definition) is 6. The van der Waals surface area contributed by atoms with Crippen LogP contribution in [0.2, 0.25) is 5.02 Å². The number of carbonyl (C=O) groups excluding carboxylic acids is 3. The number of nitrogens with zero attached hydrogens (tertiary/aromatic N) is 3. The van der Waals surface area contributed by atoms with Gasteiger partial charge in [-0.25, -0.2) is 0 Å². The van der Waals surface area contributed by atoms with Gasteiger partial charge in [-0.05, 0) is 68.5 Å². The molecule has 2 bridgehead atoms. The van der Waals surface area contributed by atoms with Crippen LogP contribution >= 0.6 is 11.6 Å². The molecule has 5 rings (SSSR count). The van der Waals surface area contributed by atoms with Crippen molar-refractivity contribution in [1.82, 2.24) is 4.90 Å². The van der Waals surface area contributed by atoms with E-state index in [0.29, 0.717) is 48.0 Å². The topological polar surface area (TPSA) is 99.6 Å². The molecule has 2 aromatic rings. The Kier molecular flexibility index (Phi) is 10.5. The fraction of sp³-hybridized carbons (Fsp3) is 0.486. The number of amides is 3. The van der Waals surface area contributed by atoms with Gasteiger partial charge < -0.3 is 29.3 Å². The number of anilines is 2. The van der Waals surface area contributed by atoms with Gasteiger partial charge in [0.25, 0.3) is 5.91 Å². The maximum Gasteiger partial charge on any atom is 0.253 e. The van der Waals surface area contributed by atoms with Gasteiger partial charge in [-0.2, -0.15) is 0 Å². The molecule has 3 heterocycles. The summed E-state index contributed by atoms with van der Waals surface area (Å²) in [5.41, 5.74) is 0.707. The van der Waals surface area contributed by atoms with Gasteiger partial charge in [-0.3, -0.25) is 14.4 Å². The van der Waals surface area contributed by atoms with E-state index < -0.39 is 35.6 Å². The largest absolute Gasteiger partial charge is 0.494 e. The van der Waals surface area contributed by atoms with Crippen LogP contribution in [-0.2, 0) is 19.1 Å². The van der Waals surface area contributed by atoms with Crippen molar-refractivity contribution in [3.8, 4) is 5.75 Å². The van der Waals surface area contributed by atoms with Crippen LogP contribution in [0.15, 0.2) is 67.8 Å². The smallest absolute Gasteiger partial charge is 0.253 e. The number of halogens is 1. The summed E-state index contributed by atoms with van der Waals surface area (Å²) in [6.07, 6.45) is 4.34. The average Bonchev–Trinajstić information content (AvgIpc) is 3.71. The summed E-state index contributed by atoms with van der Waals surface area (Å²) < 4.78 is 12.4. The van der Waals surface area contributed by atoms with Crippen molar-refractivity contribution in [3.05, 3.63) is 78.4 Å². The fourth-order valence-corrected chi connectivity index (χ4v) is 8.20. The first-order valence-corrected chi connectivity index (χ1v) is 16.9. The second-order valence-electron chi connectivity index (χ2n) is 12.7. The minimum absolute atomic E-state index is 0.128. The molecule has 10 heteroatoms. The Morgan fingerprint density at radius 3 is 2.40 bits per heavy atom. The van der Waals surface area contributed by atoms with Crippen LogP contribution in [0.1, 0.15) is 45.6 Å². The van der Waals surface area contributed by atoms with Crippen molar-refractivity contribution in [3.63, 3.8) is 0 Å². The van der Waals surface area contributed by atoms with Gasteiger partial charge in [0, 0.05) is 18.8 Å². The number of likely N-dealkylation sites (tertiary alicyclic amines) is 1. The molecule has 0 radical (unpaired) electrons. The summed E-state index contributed by atoms with van der Waals surface area (Å²) in [5, 5.41) is 11.1. The molecule has 9 nitrogen and oxygen atoms in total. The van der Waals surface area contributed by atoms with Gasteiger partial charge in [-0.1, -0.05) is 56.2 Å². The Hall–Kier alpha value is -3.66. The average molecular weight is 664 g/mol. The predicted octanol–water partition coefficient (Wildman–Crippen LogP) is 5.57. The Bertz CT molecular complexity index is 1490. The molecule has 3 aliphatic heterocycles. The molecule has 47 heavy (non-hydrogen) atoms. The molecule has 3 fully saturated rings. The number of aliphatic hydroxyl groups excluding tert-OH is 1. The summed E-state index contributed by atoms with van der Waals surface area (Å²) in [4.78, 5) is 49.2. The number of benzene rings is 2.